The number of benzene rings is 2. The van der Waals surface area contributed by atoms with Crippen LogP contribution in [0, 0.1) is 0 Å². The maximum Gasteiger partial charge on any atom is 0.0441 e. The molecule has 2 aliphatic rings. The standard InChI is InChI=1S/C22H29N3/c1-18(24-17-19-7-3-2-4-8-19)22(25-13-11-23-12-14-25)15-20-9-5-6-10-21(20)16-22/h2-10,18,23-24H,11-17H2,1H3. The summed E-state index contributed by atoms with van der Waals surface area (Å²) in [6.07, 6.45) is 2.32. The molecule has 1 aliphatic heterocycles. The highest BCUT2D eigenvalue weighted by atomic mass is 15.3. The van der Waals surface area contributed by atoms with Gasteiger partial charge < -0.3 is 10.6 Å². The van der Waals surface area contributed by atoms with E-state index in [1.54, 1.807) is 0 Å². The summed E-state index contributed by atoms with van der Waals surface area (Å²) in [5.74, 6) is 0. The molecule has 132 valence electrons. The van der Waals surface area contributed by atoms with Crippen LogP contribution in [0.25, 0.3) is 0 Å². The molecule has 0 saturated carbocycles. The topological polar surface area (TPSA) is 27.3 Å². The van der Waals surface area contributed by atoms with Gasteiger partial charge in [0.1, 0.15) is 0 Å². The summed E-state index contributed by atoms with van der Waals surface area (Å²) in [7, 11) is 0. The Labute approximate surface area is 151 Å². The molecule has 0 bridgehead atoms. The van der Waals surface area contributed by atoms with Gasteiger partial charge in [0, 0.05) is 44.3 Å². The molecule has 25 heavy (non-hydrogen) atoms. The molecule has 1 fully saturated rings. The Morgan fingerprint density at radius 3 is 2.20 bits per heavy atom. The summed E-state index contributed by atoms with van der Waals surface area (Å²) in [6.45, 7) is 7.81. The first kappa shape index (κ1) is 16.8. The predicted molar refractivity (Wildman–Crippen MR) is 104 cm³/mol. The van der Waals surface area contributed by atoms with E-state index in [-0.39, 0.29) is 5.54 Å². The van der Waals surface area contributed by atoms with Crippen molar-refractivity contribution in [3.63, 3.8) is 0 Å². The van der Waals surface area contributed by atoms with Crippen molar-refractivity contribution < 1.29 is 0 Å². The summed E-state index contributed by atoms with van der Waals surface area (Å²) >= 11 is 0. The molecule has 1 aliphatic carbocycles. The van der Waals surface area contributed by atoms with Crippen LogP contribution in [-0.2, 0) is 19.4 Å². The Kier molecular flexibility index (Phi) is 4.89. The first-order valence-electron chi connectivity index (χ1n) is 9.58. The lowest BCUT2D eigenvalue weighted by Gasteiger charge is -2.48. The van der Waals surface area contributed by atoms with E-state index in [4.69, 9.17) is 0 Å². The normalized spacial score (nSPS) is 21.0. The Hall–Kier alpha value is -1.68. The second-order valence-corrected chi connectivity index (χ2v) is 7.55. The Morgan fingerprint density at radius 2 is 1.56 bits per heavy atom. The van der Waals surface area contributed by atoms with E-state index in [0.717, 1.165) is 45.6 Å². The fourth-order valence-electron chi connectivity index (χ4n) is 4.60. The predicted octanol–water partition coefficient (Wildman–Crippen LogP) is 2.61. The van der Waals surface area contributed by atoms with Gasteiger partial charge in [0.05, 0.1) is 0 Å². The largest absolute Gasteiger partial charge is 0.314 e. The third kappa shape index (κ3) is 3.37. The molecule has 4 rings (SSSR count). The zero-order valence-electron chi connectivity index (χ0n) is 15.2. The molecule has 0 aromatic heterocycles. The molecule has 3 heteroatoms. The molecule has 1 unspecified atom stereocenters. The number of rotatable bonds is 5. The summed E-state index contributed by atoms with van der Waals surface area (Å²) in [5.41, 5.74) is 4.63. The SMILES string of the molecule is CC(NCc1ccccc1)C1(N2CCNCC2)Cc2ccccc2C1. The average Bonchev–Trinajstić information content (AvgIpc) is 3.08. The van der Waals surface area contributed by atoms with Gasteiger partial charge in [-0.1, -0.05) is 54.6 Å². The fourth-order valence-corrected chi connectivity index (χ4v) is 4.60. The molecular formula is C22H29N3. The van der Waals surface area contributed by atoms with Gasteiger partial charge in [-0.25, -0.2) is 0 Å². The van der Waals surface area contributed by atoms with E-state index >= 15 is 0 Å². The summed E-state index contributed by atoms with van der Waals surface area (Å²) in [6, 6.07) is 20.2. The minimum atomic E-state index is 0.195. The lowest BCUT2D eigenvalue weighted by Crippen LogP contribution is -2.64. The van der Waals surface area contributed by atoms with Crippen molar-refractivity contribution in [1.29, 1.82) is 0 Å². The second kappa shape index (κ2) is 7.28. The number of nitrogens with one attached hydrogen (secondary N) is 2. The Morgan fingerprint density at radius 1 is 0.960 bits per heavy atom. The molecule has 0 spiro atoms. The molecule has 0 amide bonds. The van der Waals surface area contributed by atoms with Crippen LogP contribution in [-0.4, -0.2) is 42.7 Å². The average molecular weight is 335 g/mol. The highest BCUT2D eigenvalue weighted by Crippen LogP contribution is 2.37. The van der Waals surface area contributed by atoms with Crippen molar-refractivity contribution in [3.05, 3.63) is 71.3 Å². The third-order valence-corrected chi connectivity index (χ3v) is 6.12. The molecule has 1 heterocycles. The first-order valence-corrected chi connectivity index (χ1v) is 9.58. The number of fused-ring (bicyclic) bond motifs is 1. The van der Waals surface area contributed by atoms with E-state index in [9.17, 15) is 0 Å². The monoisotopic (exact) mass is 335 g/mol. The van der Waals surface area contributed by atoms with Crippen LogP contribution < -0.4 is 10.6 Å². The molecule has 2 aromatic carbocycles. The van der Waals surface area contributed by atoms with Crippen LogP contribution in [0.5, 0.6) is 0 Å². The van der Waals surface area contributed by atoms with E-state index in [1.165, 1.54) is 16.7 Å². The van der Waals surface area contributed by atoms with E-state index in [2.05, 4.69) is 77.1 Å². The molecule has 0 radical (unpaired) electrons. The van der Waals surface area contributed by atoms with E-state index < -0.39 is 0 Å². The van der Waals surface area contributed by atoms with Crippen LogP contribution in [0.4, 0.5) is 0 Å². The Balaban J connectivity index is 1.55. The van der Waals surface area contributed by atoms with Gasteiger partial charge >= 0.3 is 0 Å². The quantitative estimate of drug-likeness (QED) is 0.879. The highest BCUT2D eigenvalue weighted by Gasteiger charge is 2.46. The number of hydrogen-bond acceptors (Lipinski definition) is 3. The highest BCUT2D eigenvalue weighted by molar-refractivity contribution is 5.37. The maximum atomic E-state index is 3.85. The van der Waals surface area contributed by atoms with Crippen molar-refractivity contribution in [2.45, 2.75) is 37.9 Å². The number of piperazine rings is 1. The van der Waals surface area contributed by atoms with Crippen LogP contribution >= 0.6 is 0 Å². The van der Waals surface area contributed by atoms with Crippen LogP contribution in [0.2, 0.25) is 0 Å². The fraction of sp³-hybridized carbons (Fsp3) is 0.455. The van der Waals surface area contributed by atoms with Crippen molar-refractivity contribution in [2.75, 3.05) is 26.2 Å². The zero-order chi connectivity index (χ0) is 17.1. The molecule has 2 aromatic rings. The minimum absolute atomic E-state index is 0.195. The molecule has 1 atom stereocenters. The maximum absolute atomic E-state index is 3.85. The van der Waals surface area contributed by atoms with Gasteiger partial charge in [0.15, 0.2) is 0 Å². The lowest BCUT2D eigenvalue weighted by atomic mass is 9.84. The molecular weight excluding hydrogens is 306 g/mol. The van der Waals surface area contributed by atoms with Gasteiger partial charge in [-0.3, -0.25) is 4.90 Å². The second-order valence-electron chi connectivity index (χ2n) is 7.55. The first-order chi connectivity index (χ1) is 12.3. The van der Waals surface area contributed by atoms with Crippen molar-refractivity contribution in [1.82, 2.24) is 15.5 Å². The van der Waals surface area contributed by atoms with Gasteiger partial charge in [-0.15, -0.1) is 0 Å². The summed E-state index contributed by atoms with van der Waals surface area (Å²) in [5, 5.41) is 7.36. The minimum Gasteiger partial charge on any atom is -0.314 e. The van der Waals surface area contributed by atoms with Crippen LogP contribution in [0.3, 0.4) is 0 Å². The molecule has 3 nitrogen and oxygen atoms in total. The smallest absolute Gasteiger partial charge is 0.0441 e. The number of nitrogens with zero attached hydrogens (tertiary/aromatic N) is 1. The van der Waals surface area contributed by atoms with Gasteiger partial charge in [0.2, 0.25) is 0 Å². The lowest BCUT2D eigenvalue weighted by molar-refractivity contribution is 0.0503. The van der Waals surface area contributed by atoms with Gasteiger partial charge in [0.25, 0.3) is 0 Å². The van der Waals surface area contributed by atoms with Gasteiger partial charge in [-0.05, 0) is 36.5 Å². The number of hydrogen-bond donors (Lipinski definition) is 2. The van der Waals surface area contributed by atoms with E-state index in [1.807, 2.05) is 0 Å². The van der Waals surface area contributed by atoms with Crippen molar-refractivity contribution in [2.24, 2.45) is 0 Å². The van der Waals surface area contributed by atoms with Crippen molar-refractivity contribution in [3.8, 4) is 0 Å². The zero-order valence-corrected chi connectivity index (χ0v) is 15.2. The Bertz CT molecular complexity index is 666. The molecule has 2 N–H and O–H groups in total. The van der Waals surface area contributed by atoms with Crippen LogP contribution in [0.15, 0.2) is 54.6 Å². The van der Waals surface area contributed by atoms with Crippen molar-refractivity contribution >= 4 is 0 Å². The summed E-state index contributed by atoms with van der Waals surface area (Å²) < 4.78 is 0. The van der Waals surface area contributed by atoms with E-state index in [0.29, 0.717) is 6.04 Å². The van der Waals surface area contributed by atoms with Crippen LogP contribution in [0.1, 0.15) is 23.6 Å². The summed E-state index contributed by atoms with van der Waals surface area (Å²) in [4.78, 5) is 2.74. The third-order valence-electron chi connectivity index (χ3n) is 6.12. The van der Waals surface area contributed by atoms with Gasteiger partial charge in [-0.2, -0.15) is 0 Å². The molecule has 1 saturated heterocycles.